The molecule has 0 saturated carbocycles. The summed E-state index contributed by atoms with van der Waals surface area (Å²) in [7, 11) is -3.49. The molecule has 0 fully saturated rings. The highest BCUT2D eigenvalue weighted by Gasteiger charge is 2.31. The van der Waals surface area contributed by atoms with Crippen LogP contribution in [0.4, 0.5) is 5.69 Å². The van der Waals surface area contributed by atoms with Gasteiger partial charge in [-0.3, -0.25) is 9.10 Å². The highest BCUT2D eigenvalue weighted by Crippen LogP contribution is 2.36. The minimum atomic E-state index is -3.49. The summed E-state index contributed by atoms with van der Waals surface area (Å²) in [5, 5.41) is 3.26. The van der Waals surface area contributed by atoms with Crippen molar-refractivity contribution >= 4 is 33.2 Å². The maximum atomic E-state index is 12.3. The molecular formula is C16H23ClN2O4S. The molecular weight excluding hydrogens is 352 g/mol. The second kappa shape index (κ2) is 8.07. The third kappa shape index (κ3) is 4.77. The maximum absolute atomic E-state index is 12.3. The van der Waals surface area contributed by atoms with Gasteiger partial charge in [0.1, 0.15) is 5.75 Å². The summed E-state index contributed by atoms with van der Waals surface area (Å²) >= 11 is 5.99. The van der Waals surface area contributed by atoms with Gasteiger partial charge in [0.05, 0.1) is 11.9 Å². The number of carbonyl (C=O) groups excluding carboxylic acids is 1. The quantitative estimate of drug-likeness (QED) is 0.776. The minimum absolute atomic E-state index is 0.166. The second-order valence-electron chi connectivity index (χ2n) is 5.84. The zero-order valence-electron chi connectivity index (χ0n) is 13.9. The van der Waals surface area contributed by atoms with Crippen molar-refractivity contribution in [2.45, 2.75) is 38.7 Å². The van der Waals surface area contributed by atoms with Crippen molar-refractivity contribution in [3.8, 4) is 5.75 Å². The smallest absolute Gasteiger partial charge is 0.261 e. The first-order valence-electron chi connectivity index (χ1n) is 8.04. The number of hydrogen-bond donors (Lipinski definition) is 1. The predicted molar refractivity (Wildman–Crippen MR) is 95.2 cm³/mol. The Balaban J connectivity index is 2.18. The van der Waals surface area contributed by atoms with Crippen LogP contribution in [-0.2, 0) is 14.8 Å². The van der Waals surface area contributed by atoms with Crippen molar-refractivity contribution in [3.63, 3.8) is 0 Å². The number of benzene rings is 1. The first kappa shape index (κ1) is 18.9. The third-order valence-electron chi connectivity index (χ3n) is 3.83. The minimum Gasteiger partial charge on any atom is -0.478 e. The zero-order valence-corrected chi connectivity index (χ0v) is 15.5. The summed E-state index contributed by atoms with van der Waals surface area (Å²) in [4.78, 5) is 12.3. The average Bonchev–Trinajstić information content (AvgIpc) is 2.70. The number of rotatable bonds is 6. The predicted octanol–water partition coefficient (Wildman–Crippen LogP) is 2.56. The first-order chi connectivity index (χ1) is 11.3. The number of carbonyl (C=O) groups is 1. The number of anilines is 1. The van der Waals surface area contributed by atoms with E-state index < -0.39 is 16.1 Å². The van der Waals surface area contributed by atoms with E-state index in [0.717, 1.165) is 25.5 Å². The molecule has 24 heavy (non-hydrogen) atoms. The topological polar surface area (TPSA) is 75.7 Å². The fourth-order valence-electron chi connectivity index (χ4n) is 2.58. The van der Waals surface area contributed by atoms with Crippen LogP contribution >= 0.6 is 11.6 Å². The van der Waals surface area contributed by atoms with Gasteiger partial charge in [0.2, 0.25) is 10.0 Å². The molecule has 6 nitrogen and oxygen atoms in total. The molecule has 1 aromatic carbocycles. The number of unbranched alkanes of at least 4 members (excludes halogenated alkanes) is 2. The molecule has 1 atom stereocenters. The van der Waals surface area contributed by atoms with Gasteiger partial charge in [-0.15, -0.1) is 0 Å². The molecule has 0 radical (unpaired) electrons. The fourth-order valence-corrected chi connectivity index (χ4v) is 3.69. The van der Waals surface area contributed by atoms with E-state index in [4.69, 9.17) is 16.3 Å². The molecule has 0 saturated heterocycles. The maximum Gasteiger partial charge on any atom is 0.261 e. The van der Waals surface area contributed by atoms with Gasteiger partial charge < -0.3 is 10.1 Å². The number of fused-ring (bicyclic) bond motifs is 1. The van der Waals surface area contributed by atoms with Crippen LogP contribution in [-0.4, -0.2) is 39.8 Å². The van der Waals surface area contributed by atoms with E-state index in [1.165, 1.54) is 4.31 Å². The van der Waals surface area contributed by atoms with Gasteiger partial charge in [-0.1, -0.05) is 31.4 Å². The summed E-state index contributed by atoms with van der Waals surface area (Å²) in [5.74, 6) is 0.124. The van der Waals surface area contributed by atoms with Crippen molar-refractivity contribution in [2.75, 3.05) is 23.7 Å². The normalized spacial score (nSPS) is 17.6. The Morgan fingerprint density at radius 3 is 2.83 bits per heavy atom. The number of ether oxygens (including phenoxy) is 1. The Morgan fingerprint density at radius 2 is 2.17 bits per heavy atom. The van der Waals surface area contributed by atoms with E-state index in [0.29, 0.717) is 23.0 Å². The Bertz CT molecular complexity index is 693. The van der Waals surface area contributed by atoms with E-state index in [-0.39, 0.29) is 18.9 Å². The molecule has 0 spiro atoms. The van der Waals surface area contributed by atoms with Crippen LogP contribution in [0.25, 0.3) is 0 Å². The van der Waals surface area contributed by atoms with Crippen molar-refractivity contribution in [1.29, 1.82) is 0 Å². The molecule has 1 aromatic rings. The van der Waals surface area contributed by atoms with E-state index in [1.807, 2.05) is 0 Å². The SMILES string of the molecule is CCCCCNC(=O)C1CCN(S(C)(=O)=O)c2cc(Cl)ccc2O1. The zero-order chi connectivity index (χ0) is 17.7. The molecule has 0 bridgehead atoms. The molecule has 1 heterocycles. The van der Waals surface area contributed by atoms with Crippen LogP contribution in [0.3, 0.4) is 0 Å². The van der Waals surface area contributed by atoms with E-state index in [1.54, 1.807) is 18.2 Å². The lowest BCUT2D eigenvalue weighted by atomic mass is 10.2. The van der Waals surface area contributed by atoms with Gasteiger partial charge in [-0.05, 0) is 24.6 Å². The largest absolute Gasteiger partial charge is 0.478 e. The monoisotopic (exact) mass is 374 g/mol. The average molecular weight is 375 g/mol. The van der Waals surface area contributed by atoms with Crippen LogP contribution in [0.5, 0.6) is 5.75 Å². The first-order valence-corrected chi connectivity index (χ1v) is 10.3. The number of amides is 1. The standard InChI is InChI=1S/C16H23ClN2O4S/c1-3-4-5-9-18-16(20)15-8-10-19(24(2,21)22)13-11-12(17)6-7-14(13)23-15/h6-7,11,15H,3-5,8-10H2,1-2H3,(H,18,20). The molecule has 1 unspecified atom stereocenters. The Kier molecular flexibility index (Phi) is 6.34. The van der Waals surface area contributed by atoms with Gasteiger partial charge in [0, 0.05) is 24.5 Å². The molecule has 1 amide bonds. The van der Waals surface area contributed by atoms with Crippen LogP contribution in [0, 0.1) is 0 Å². The van der Waals surface area contributed by atoms with Gasteiger partial charge in [0.15, 0.2) is 6.10 Å². The van der Waals surface area contributed by atoms with Gasteiger partial charge in [-0.2, -0.15) is 0 Å². The van der Waals surface area contributed by atoms with Gasteiger partial charge in [-0.25, -0.2) is 8.42 Å². The Labute approximate surface area is 148 Å². The molecule has 0 aliphatic carbocycles. The molecule has 134 valence electrons. The molecule has 2 rings (SSSR count). The summed E-state index contributed by atoms with van der Waals surface area (Å²) in [6, 6.07) is 4.75. The van der Waals surface area contributed by atoms with Crippen LogP contribution < -0.4 is 14.4 Å². The van der Waals surface area contributed by atoms with E-state index in [2.05, 4.69) is 12.2 Å². The summed E-state index contributed by atoms with van der Waals surface area (Å²) in [6.45, 7) is 2.85. The Hall–Kier alpha value is -1.47. The van der Waals surface area contributed by atoms with Crippen LogP contribution in [0.2, 0.25) is 5.02 Å². The van der Waals surface area contributed by atoms with E-state index >= 15 is 0 Å². The third-order valence-corrected chi connectivity index (χ3v) is 5.24. The molecule has 1 aliphatic heterocycles. The van der Waals surface area contributed by atoms with Crippen molar-refractivity contribution < 1.29 is 17.9 Å². The van der Waals surface area contributed by atoms with Crippen molar-refractivity contribution in [3.05, 3.63) is 23.2 Å². The van der Waals surface area contributed by atoms with Crippen LogP contribution in [0.15, 0.2) is 18.2 Å². The van der Waals surface area contributed by atoms with E-state index in [9.17, 15) is 13.2 Å². The molecule has 1 aliphatic rings. The van der Waals surface area contributed by atoms with Crippen molar-refractivity contribution in [2.24, 2.45) is 0 Å². The highest BCUT2D eigenvalue weighted by atomic mass is 35.5. The molecule has 8 heteroatoms. The lowest BCUT2D eigenvalue weighted by molar-refractivity contribution is -0.128. The number of halogens is 1. The van der Waals surface area contributed by atoms with Gasteiger partial charge in [0.25, 0.3) is 5.91 Å². The lowest BCUT2D eigenvalue weighted by Crippen LogP contribution is -2.40. The lowest BCUT2D eigenvalue weighted by Gasteiger charge is -2.21. The number of nitrogens with one attached hydrogen (secondary N) is 1. The second-order valence-corrected chi connectivity index (χ2v) is 8.18. The molecule has 1 N–H and O–H groups in total. The summed E-state index contributed by atoms with van der Waals surface area (Å²) < 4.78 is 31.1. The highest BCUT2D eigenvalue weighted by molar-refractivity contribution is 7.92. The van der Waals surface area contributed by atoms with Gasteiger partial charge >= 0.3 is 0 Å². The number of sulfonamides is 1. The Morgan fingerprint density at radius 1 is 1.42 bits per heavy atom. The molecule has 0 aromatic heterocycles. The summed E-state index contributed by atoms with van der Waals surface area (Å²) in [6.07, 6.45) is 3.72. The number of nitrogens with zero attached hydrogens (tertiary/aromatic N) is 1. The summed E-state index contributed by atoms with van der Waals surface area (Å²) in [5.41, 5.74) is 0.367. The van der Waals surface area contributed by atoms with Crippen molar-refractivity contribution in [1.82, 2.24) is 5.32 Å². The van der Waals surface area contributed by atoms with Crippen LogP contribution in [0.1, 0.15) is 32.6 Å². The fraction of sp³-hybridized carbons (Fsp3) is 0.562. The number of hydrogen-bond acceptors (Lipinski definition) is 4.